The van der Waals surface area contributed by atoms with Crippen LogP contribution in [0.15, 0.2) is 33.2 Å². The van der Waals surface area contributed by atoms with E-state index in [1.54, 1.807) is 0 Å². The number of rotatable bonds is 6. The van der Waals surface area contributed by atoms with Crippen molar-refractivity contribution in [2.75, 3.05) is 6.54 Å². The third kappa shape index (κ3) is 3.86. The van der Waals surface area contributed by atoms with Crippen LogP contribution < -0.4 is 0 Å². The summed E-state index contributed by atoms with van der Waals surface area (Å²) in [6, 6.07) is 8.22. The highest BCUT2D eigenvalue weighted by Crippen LogP contribution is 2.30. The van der Waals surface area contributed by atoms with Crippen molar-refractivity contribution < 1.29 is 14.3 Å². The van der Waals surface area contributed by atoms with Crippen LogP contribution in [0.5, 0.6) is 0 Å². The molecule has 4 nitrogen and oxygen atoms in total. The topological polar surface area (TPSA) is 53.7 Å². The quantitative estimate of drug-likeness (QED) is 0.833. The van der Waals surface area contributed by atoms with E-state index in [-0.39, 0.29) is 18.5 Å². The van der Waals surface area contributed by atoms with Crippen molar-refractivity contribution in [3.05, 3.63) is 34.5 Å². The van der Waals surface area contributed by atoms with Gasteiger partial charge < -0.3 is 9.52 Å². The van der Waals surface area contributed by atoms with Gasteiger partial charge in [-0.3, -0.25) is 9.69 Å². The Morgan fingerprint density at radius 2 is 2.05 bits per heavy atom. The Hall–Kier alpha value is -1.33. The molecular weight excluding hydrogens is 334 g/mol. The first kappa shape index (κ1) is 16.0. The Labute approximate surface area is 132 Å². The van der Waals surface area contributed by atoms with Gasteiger partial charge >= 0.3 is 5.97 Å². The molecule has 114 valence electrons. The van der Waals surface area contributed by atoms with Gasteiger partial charge in [-0.1, -0.05) is 15.9 Å². The second-order valence-electron chi connectivity index (χ2n) is 5.48. The standard InChI is InChI=1S/C16H20BrNO3/c1-10(2)18(7-6-16(19)20)11(3)15-9-12-8-13(17)4-5-14(12)21-15/h4-5,8-11H,6-7H2,1-3H3,(H,19,20). The normalized spacial score (nSPS) is 13.2. The molecule has 2 aromatic rings. The van der Waals surface area contributed by atoms with Gasteiger partial charge in [0, 0.05) is 22.4 Å². The van der Waals surface area contributed by atoms with E-state index in [0.717, 1.165) is 21.2 Å². The molecule has 0 aliphatic carbocycles. The van der Waals surface area contributed by atoms with Gasteiger partial charge in [0.2, 0.25) is 0 Å². The summed E-state index contributed by atoms with van der Waals surface area (Å²) in [7, 11) is 0. The first-order valence-electron chi connectivity index (χ1n) is 7.05. The molecule has 1 atom stereocenters. The predicted octanol–water partition coefficient (Wildman–Crippen LogP) is 4.44. The van der Waals surface area contributed by atoms with Crippen molar-refractivity contribution >= 4 is 32.9 Å². The summed E-state index contributed by atoms with van der Waals surface area (Å²) in [4.78, 5) is 12.9. The molecule has 1 heterocycles. The van der Waals surface area contributed by atoms with E-state index in [9.17, 15) is 4.79 Å². The van der Waals surface area contributed by atoms with Gasteiger partial charge in [-0.25, -0.2) is 0 Å². The summed E-state index contributed by atoms with van der Waals surface area (Å²) in [5.74, 6) is 0.0866. The summed E-state index contributed by atoms with van der Waals surface area (Å²) in [5, 5.41) is 9.94. The Balaban J connectivity index is 2.25. The van der Waals surface area contributed by atoms with Crippen LogP contribution in [0, 0.1) is 0 Å². The number of nitrogens with zero attached hydrogens (tertiary/aromatic N) is 1. The lowest BCUT2D eigenvalue weighted by Crippen LogP contribution is -2.35. The zero-order chi connectivity index (χ0) is 15.6. The third-order valence-corrected chi connectivity index (χ3v) is 4.15. The van der Waals surface area contributed by atoms with Crippen molar-refractivity contribution in [1.29, 1.82) is 0 Å². The van der Waals surface area contributed by atoms with Crippen LogP contribution in [-0.4, -0.2) is 28.6 Å². The monoisotopic (exact) mass is 353 g/mol. The fourth-order valence-corrected chi connectivity index (χ4v) is 2.91. The number of hydrogen-bond donors (Lipinski definition) is 1. The Morgan fingerprint density at radius 3 is 2.67 bits per heavy atom. The van der Waals surface area contributed by atoms with Gasteiger partial charge in [0.1, 0.15) is 11.3 Å². The van der Waals surface area contributed by atoms with Crippen LogP contribution in [0.1, 0.15) is 39.0 Å². The molecule has 1 aromatic carbocycles. The van der Waals surface area contributed by atoms with Crippen molar-refractivity contribution in [2.45, 2.75) is 39.3 Å². The van der Waals surface area contributed by atoms with Crippen molar-refractivity contribution in [1.82, 2.24) is 4.90 Å². The molecule has 0 bridgehead atoms. The molecule has 0 aliphatic heterocycles. The largest absolute Gasteiger partial charge is 0.481 e. The van der Waals surface area contributed by atoms with Gasteiger partial charge in [-0.15, -0.1) is 0 Å². The van der Waals surface area contributed by atoms with Crippen LogP contribution >= 0.6 is 15.9 Å². The lowest BCUT2D eigenvalue weighted by molar-refractivity contribution is -0.137. The van der Waals surface area contributed by atoms with E-state index in [0.29, 0.717) is 6.54 Å². The van der Waals surface area contributed by atoms with Gasteiger partial charge in [0.05, 0.1) is 12.5 Å². The maximum atomic E-state index is 10.8. The second kappa shape index (κ2) is 6.62. The van der Waals surface area contributed by atoms with Crippen LogP contribution in [0.25, 0.3) is 11.0 Å². The molecule has 0 spiro atoms. The van der Waals surface area contributed by atoms with E-state index in [1.807, 2.05) is 24.3 Å². The minimum absolute atomic E-state index is 0.0375. The lowest BCUT2D eigenvalue weighted by Gasteiger charge is -2.30. The highest BCUT2D eigenvalue weighted by molar-refractivity contribution is 9.10. The average molecular weight is 354 g/mol. The smallest absolute Gasteiger partial charge is 0.304 e. The minimum Gasteiger partial charge on any atom is -0.481 e. The molecule has 1 aromatic heterocycles. The molecule has 1 N–H and O–H groups in total. The first-order valence-corrected chi connectivity index (χ1v) is 7.84. The molecule has 2 rings (SSSR count). The first-order chi connectivity index (χ1) is 9.88. The van der Waals surface area contributed by atoms with E-state index < -0.39 is 5.97 Å². The number of fused-ring (bicyclic) bond motifs is 1. The van der Waals surface area contributed by atoms with Crippen molar-refractivity contribution in [3.8, 4) is 0 Å². The molecule has 0 saturated carbocycles. The Morgan fingerprint density at radius 1 is 1.33 bits per heavy atom. The number of aliphatic carboxylic acids is 1. The summed E-state index contributed by atoms with van der Waals surface area (Å²) >= 11 is 3.45. The highest BCUT2D eigenvalue weighted by atomic mass is 79.9. The number of halogens is 1. The number of carbonyl (C=O) groups is 1. The lowest BCUT2D eigenvalue weighted by atomic mass is 10.1. The number of carboxylic acid groups (broad SMARTS) is 1. The maximum absolute atomic E-state index is 10.8. The molecular formula is C16H20BrNO3. The molecule has 0 saturated heterocycles. The number of hydrogen-bond acceptors (Lipinski definition) is 3. The van der Waals surface area contributed by atoms with E-state index >= 15 is 0 Å². The second-order valence-corrected chi connectivity index (χ2v) is 6.40. The maximum Gasteiger partial charge on any atom is 0.304 e. The van der Waals surface area contributed by atoms with Crippen LogP contribution in [0.4, 0.5) is 0 Å². The molecule has 21 heavy (non-hydrogen) atoms. The van der Waals surface area contributed by atoms with Crippen LogP contribution in [-0.2, 0) is 4.79 Å². The van der Waals surface area contributed by atoms with Gasteiger partial charge in [-0.05, 0) is 45.0 Å². The minimum atomic E-state index is -0.776. The predicted molar refractivity (Wildman–Crippen MR) is 86.4 cm³/mol. The summed E-state index contributed by atoms with van der Waals surface area (Å²) in [5.41, 5.74) is 0.849. The zero-order valence-corrected chi connectivity index (χ0v) is 14.1. The number of benzene rings is 1. The van der Waals surface area contributed by atoms with Crippen LogP contribution in [0.2, 0.25) is 0 Å². The Kier molecular flexibility index (Phi) is 5.06. The molecule has 0 amide bonds. The summed E-state index contributed by atoms with van der Waals surface area (Å²) in [6.07, 6.45) is 0.133. The van der Waals surface area contributed by atoms with Gasteiger partial charge in [0.15, 0.2) is 0 Å². The van der Waals surface area contributed by atoms with Crippen molar-refractivity contribution in [3.63, 3.8) is 0 Å². The number of furan rings is 1. The summed E-state index contributed by atoms with van der Waals surface area (Å²) < 4.78 is 6.93. The third-order valence-electron chi connectivity index (χ3n) is 3.65. The highest BCUT2D eigenvalue weighted by Gasteiger charge is 2.22. The van der Waals surface area contributed by atoms with Gasteiger partial charge in [0.25, 0.3) is 0 Å². The van der Waals surface area contributed by atoms with Gasteiger partial charge in [-0.2, -0.15) is 0 Å². The van der Waals surface area contributed by atoms with E-state index in [2.05, 4.69) is 41.6 Å². The average Bonchev–Trinajstić information content (AvgIpc) is 2.80. The molecule has 5 heteroatoms. The SMILES string of the molecule is CC(C)N(CCC(=O)O)C(C)c1cc2cc(Br)ccc2o1. The Bertz CT molecular complexity index is 635. The van der Waals surface area contributed by atoms with E-state index in [4.69, 9.17) is 9.52 Å². The fourth-order valence-electron chi connectivity index (χ4n) is 2.53. The molecule has 0 fully saturated rings. The zero-order valence-electron chi connectivity index (χ0n) is 12.5. The number of carboxylic acids is 1. The molecule has 0 aliphatic rings. The fraction of sp³-hybridized carbons (Fsp3) is 0.438. The van der Waals surface area contributed by atoms with Crippen molar-refractivity contribution in [2.24, 2.45) is 0 Å². The van der Waals surface area contributed by atoms with E-state index in [1.165, 1.54) is 0 Å². The molecule has 0 radical (unpaired) electrons. The van der Waals surface area contributed by atoms with Crippen LogP contribution in [0.3, 0.4) is 0 Å². The molecule has 1 unspecified atom stereocenters. The summed E-state index contributed by atoms with van der Waals surface area (Å²) in [6.45, 7) is 6.69.